The molecule has 0 amide bonds. The lowest BCUT2D eigenvalue weighted by atomic mass is 10.0. The van der Waals surface area contributed by atoms with Gasteiger partial charge >= 0.3 is 6.16 Å². The fourth-order valence-corrected chi connectivity index (χ4v) is 1.62. The number of carbonyl (C=O) groups excluding carboxylic acids is 2. The third kappa shape index (κ3) is 8.32. The molecule has 2 aromatic rings. The summed E-state index contributed by atoms with van der Waals surface area (Å²) in [5.74, 6) is -0.0247. The predicted molar refractivity (Wildman–Crippen MR) is 101 cm³/mol. The molecular weight excluding hydrogens is 316 g/mol. The van der Waals surface area contributed by atoms with Gasteiger partial charge in [-0.05, 0) is 26.0 Å². The van der Waals surface area contributed by atoms with Crippen molar-refractivity contribution in [3.8, 4) is 5.75 Å². The monoisotopic (exact) mass is 340 g/mol. The van der Waals surface area contributed by atoms with Gasteiger partial charge < -0.3 is 9.47 Å². The minimum Gasteiger partial charge on any atom is -0.437 e. The zero-order valence-electron chi connectivity index (χ0n) is 14.9. The molecule has 0 unspecified atom stereocenters. The highest BCUT2D eigenvalue weighted by Gasteiger charge is 2.16. The maximum absolute atomic E-state index is 12.3. The summed E-state index contributed by atoms with van der Waals surface area (Å²) in [6.07, 6.45) is 2.65. The SMILES string of the molecule is C=CC.C=CC.COC(=O)Oc1ccccc1C(=O)c1ccccc1. The fourth-order valence-electron chi connectivity index (χ4n) is 1.62. The van der Waals surface area contributed by atoms with Crippen molar-refractivity contribution in [1.29, 1.82) is 0 Å². The van der Waals surface area contributed by atoms with E-state index in [1.807, 2.05) is 19.9 Å². The van der Waals surface area contributed by atoms with Crippen LogP contribution in [0.1, 0.15) is 29.8 Å². The number of methoxy groups -OCH3 is 1. The van der Waals surface area contributed by atoms with Crippen LogP contribution in [0, 0.1) is 0 Å². The number of hydrogen-bond acceptors (Lipinski definition) is 4. The lowest BCUT2D eigenvalue weighted by Crippen LogP contribution is -2.11. The third-order valence-electron chi connectivity index (χ3n) is 2.53. The first-order valence-corrected chi connectivity index (χ1v) is 7.64. The molecule has 0 aliphatic heterocycles. The first-order valence-electron chi connectivity index (χ1n) is 7.64. The van der Waals surface area contributed by atoms with Crippen molar-refractivity contribution in [2.24, 2.45) is 0 Å². The second kappa shape index (κ2) is 13.3. The quantitative estimate of drug-likeness (QED) is 0.323. The van der Waals surface area contributed by atoms with Crippen molar-refractivity contribution in [2.75, 3.05) is 7.11 Å². The van der Waals surface area contributed by atoms with Crippen molar-refractivity contribution in [3.05, 3.63) is 91.0 Å². The molecule has 0 atom stereocenters. The molecule has 0 aliphatic carbocycles. The van der Waals surface area contributed by atoms with Gasteiger partial charge in [0.25, 0.3) is 0 Å². The number of para-hydroxylation sites is 1. The molecule has 2 aromatic carbocycles. The molecule has 4 heteroatoms. The van der Waals surface area contributed by atoms with Gasteiger partial charge in [-0.3, -0.25) is 4.79 Å². The minimum atomic E-state index is -0.853. The number of benzene rings is 2. The maximum atomic E-state index is 12.3. The van der Waals surface area contributed by atoms with E-state index in [0.717, 1.165) is 0 Å². The maximum Gasteiger partial charge on any atom is 0.513 e. The third-order valence-corrected chi connectivity index (χ3v) is 2.53. The highest BCUT2D eigenvalue weighted by Crippen LogP contribution is 2.21. The Bertz CT molecular complexity index is 669. The van der Waals surface area contributed by atoms with Crippen LogP contribution in [0.3, 0.4) is 0 Å². The van der Waals surface area contributed by atoms with Crippen molar-refractivity contribution in [3.63, 3.8) is 0 Å². The number of hydrogen-bond donors (Lipinski definition) is 0. The molecule has 25 heavy (non-hydrogen) atoms. The van der Waals surface area contributed by atoms with E-state index in [4.69, 9.17) is 4.74 Å². The summed E-state index contributed by atoms with van der Waals surface area (Å²) >= 11 is 0. The van der Waals surface area contributed by atoms with E-state index in [1.54, 1.807) is 60.7 Å². The molecule has 0 spiro atoms. The van der Waals surface area contributed by atoms with Gasteiger partial charge in [-0.2, -0.15) is 0 Å². The first-order chi connectivity index (χ1) is 12.0. The van der Waals surface area contributed by atoms with Crippen LogP contribution in [0.4, 0.5) is 4.79 Å². The first kappa shape index (κ1) is 21.9. The lowest BCUT2D eigenvalue weighted by molar-refractivity contribution is 0.103. The molecule has 0 saturated carbocycles. The van der Waals surface area contributed by atoms with E-state index in [2.05, 4.69) is 17.9 Å². The molecule has 0 heterocycles. The Morgan fingerprint density at radius 1 is 0.880 bits per heavy atom. The summed E-state index contributed by atoms with van der Waals surface area (Å²) < 4.78 is 9.38. The molecule has 2 rings (SSSR count). The van der Waals surface area contributed by atoms with Gasteiger partial charge in [0.1, 0.15) is 5.75 Å². The topological polar surface area (TPSA) is 52.6 Å². The van der Waals surface area contributed by atoms with Gasteiger partial charge in [0.2, 0.25) is 0 Å². The molecule has 0 aliphatic rings. The normalized spacial score (nSPS) is 8.44. The number of ether oxygens (including phenoxy) is 2. The van der Waals surface area contributed by atoms with Crippen molar-refractivity contribution < 1.29 is 19.1 Å². The second-order valence-corrected chi connectivity index (χ2v) is 4.56. The average molecular weight is 340 g/mol. The number of rotatable bonds is 3. The molecule has 132 valence electrons. The summed E-state index contributed by atoms with van der Waals surface area (Å²) in [6, 6.07) is 15.3. The van der Waals surface area contributed by atoms with E-state index in [0.29, 0.717) is 11.1 Å². The second-order valence-electron chi connectivity index (χ2n) is 4.56. The predicted octanol–water partition coefficient (Wildman–Crippen LogP) is 5.45. The molecule has 0 bridgehead atoms. The van der Waals surface area contributed by atoms with Crippen LogP contribution in [0.5, 0.6) is 5.75 Å². The van der Waals surface area contributed by atoms with Crippen LogP contribution in [-0.2, 0) is 4.74 Å². The Morgan fingerprint density at radius 3 is 1.88 bits per heavy atom. The van der Waals surface area contributed by atoms with Crippen LogP contribution in [0.25, 0.3) is 0 Å². The van der Waals surface area contributed by atoms with Crippen LogP contribution < -0.4 is 4.74 Å². The van der Waals surface area contributed by atoms with Crippen molar-refractivity contribution in [2.45, 2.75) is 13.8 Å². The van der Waals surface area contributed by atoms with Crippen LogP contribution >= 0.6 is 0 Å². The van der Waals surface area contributed by atoms with Crippen LogP contribution in [0.15, 0.2) is 79.9 Å². The molecule has 0 radical (unpaired) electrons. The van der Waals surface area contributed by atoms with E-state index < -0.39 is 6.16 Å². The van der Waals surface area contributed by atoms with Crippen molar-refractivity contribution in [1.82, 2.24) is 0 Å². The average Bonchev–Trinajstić information content (AvgIpc) is 2.63. The van der Waals surface area contributed by atoms with E-state index in [1.165, 1.54) is 7.11 Å². The Morgan fingerprint density at radius 2 is 1.36 bits per heavy atom. The Labute approximate surface area is 149 Å². The number of carbonyl (C=O) groups is 2. The Balaban J connectivity index is 0.000000844. The summed E-state index contributed by atoms with van der Waals surface area (Å²) in [5.41, 5.74) is 0.850. The highest BCUT2D eigenvalue weighted by atomic mass is 16.7. The standard InChI is InChI=1S/C15H12O4.2C3H6/c1-18-15(17)19-13-10-6-5-9-12(13)14(16)11-7-3-2-4-8-11;2*1-3-2/h2-10H,1H3;2*3H,1H2,2H3. The Hall–Kier alpha value is -3.14. The zero-order chi connectivity index (χ0) is 19.1. The fraction of sp³-hybridized carbons (Fsp3) is 0.143. The summed E-state index contributed by atoms with van der Waals surface area (Å²) in [7, 11) is 1.21. The lowest BCUT2D eigenvalue weighted by Gasteiger charge is -2.08. The zero-order valence-corrected chi connectivity index (χ0v) is 14.9. The highest BCUT2D eigenvalue weighted by molar-refractivity contribution is 6.10. The summed E-state index contributed by atoms with van der Waals surface area (Å²) in [4.78, 5) is 23.4. The van der Waals surface area contributed by atoms with Gasteiger partial charge in [-0.15, -0.1) is 13.2 Å². The van der Waals surface area contributed by atoms with Gasteiger partial charge in [0.15, 0.2) is 5.78 Å². The smallest absolute Gasteiger partial charge is 0.437 e. The molecule has 0 saturated heterocycles. The van der Waals surface area contributed by atoms with Crippen LogP contribution in [0.2, 0.25) is 0 Å². The molecule has 4 nitrogen and oxygen atoms in total. The van der Waals surface area contributed by atoms with Gasteiger partial charge in [0, 0.05) is 5.56 Å². The van der Waals surface area contributed by atoms with E-state index >= 15 is 0 Å². The van der Waals surface area contributed by atoms with Crippen LogP contribution in [-0.4, -0.2) is 19.0 Å². The molecule has 0 aromatic heterocycles. The molecular formula is C21H24O4. The Kier molecular flexibility index (Phi) is 11.6. The van der Waals surface area contributed by atoms with E-state index in [9.17, 15) is 9.59 Å². The molecule has 0 N–H and O–H groups in total. The molecule has 0 fully saturated rings. The summed E-state index contributed by atoms with van der Waals surface area (Å²) in [5, 5.41) is 0. The van der Waals surface area contributed by atoms with E-state index in [-0.39, 0.29) is 11.5 Å². The van der Waals surface area contributed by atoms with Gasteiger partial charge in [-0.25, -0.2) is 4.79 Å². The van der Waals surface area contributed by atoms with Gasteiger partial charge in [0.05, 0.1) is 12.7 Å². The van der Waals surface area contributed by atoms with Crippen molar-refractivity contribution >= 4 is 11.9 Å². The van der Waals surface area contributed by atoms with Gasteiger partial charge in [-0.1, -0.05) is 54.6 Å². The number of allylic oxidation sites excluding steroid dienone is 2. The number of ketones is 1. The minimum absolute atomic E-state index is 0.184. The largest absolute Gasteiger partial charge is 0.513 e. The summed E-state index contributed by atoms with van der Waals surface area (Å²) in [6.45, 7) is 10.5.